The van der Waals surface area contributed by atoms with Gasteiger partial charge in [-0.15, -0.1) is 0 Å². The highest BCUT2D eigenvalue weighted by molar-refractivity contribution is 7.89. The fraction of sp³-hybridized carbons (Fsp3) is 0.917. The van der Waals surface area contributed by atoms with Gasteiger partial charge in [-0.3, -0.25) is 10.3 Å². The van der Waals surface area contributed by atoms with Crippen LogP contribution < -0.4 is 5.73 Å². The quantitative estimate of drug-likeness (QED) is 0.496. The molecule has 8 heteroatoms. The maximum absolute atomic E-state index is 12.1. The molecule has 1 atom stereocenters. The number of sulfonamides is 1. The van der Waals surface area contributed by atoms with Gasteiger partial charge in [-0.1, -0.05) is 0 Å². The summed E-state index contributed by atoms with van der Waals surface area (Å²) in [5, 5.41) is 7.43. The van der Waals surface area contributed by atoms with Crippen molar-refractivity contribution in [1.29, 1.82) is 5.41 Å². The summed E-state index contributed by atoms with van der Waals surface area (Å²) in [6.07, 6.45) is 0.0402. The summed E-state index contributed by atoms with van der Waals surface area (Å²) < 4.78 is 31.1. The van der Waals surface area contributed by atoms with Crippen molar-refractivity contribution in [2.24, 2.45) is 5.73 Å². The van der Waals surface area contributed by atoms with E-state index in [2.05, 4.69) is 0 Å². The number of hydrogen-bond acceptors (Lipinski definition) is 5. The average molecular weight is 306 g/mol. The van der Waals surface area contributed by atoms with Gasteiger partial charge in [-0.25, -0.2) is 8.42 Å². The minimum Gasteiger partial charge on any atom is -0.386 e. The summed E-state index contributed by atoms with van der Waals surface area (Å²) in [5.74, 6) is 0.139. The smallest absolute Gasteiger partial charge is 0.216 e. The molecule has 1 aliphatic heterocycles. The van der Waals surface area contributed by atoms with Gasteiger partial charge in [0.1, 0.15) is 5.84 Å². The number of rotatable bonds is 7. The van der Waals surface area contributed by atoms with Crippen LogP contribution in [-0.2, 0) is 14.8 Å². The van der Waals surface area contributed by atoms with E-state index in [4.69, 9.17) is 15.9 Å². The van der Waals surface area contributed by atoms with Gasteiger partial charge in [-0.05, 0) is 20.8 Å². The molecule has 118 valence electrons. The molecule has 1 aliphatic rings. The van der Waals surface area contributed by atoms with Crippen molar-refractivity contribution < 1.29 is 13.2 Å². The highest BCUT2D eigenvalue weighted by atomic mass is 32.2. The summed E-state index contributed by atoms with van der Waals surface area (Å²) in [6.45, 7) is 7.95. The van der Waals surface area contributed by atoms with Crippen LogP contribution in [0, 0.1) is 5.41 Å². The lowest BCUT2D eigenvalue weighted by Crippen LogP contribution is -2.54. The van der Waals surface area contributed by atoms with Crippen molar-refractivity contribution in [1.82, 2.24) is 9.21 Å². The summed E-state index contributed by atoms with van der Waals surface area (Å²) in [5.41, 5.74) is 5.47. The standard InChI is InChI=1S/C12H26N4O3S/c1-10(2)19-8-9-20(17,18)16-6-4-15(5-7-16)11(3)12(13)14/h10-11H,4-9H2,1-3H3,(H3,13,14). The first-order valence-corrected chi connectivity index (χ1v) is 8.52. The average Bonchev–Trinajstić information content (AvgIpc) is 2.37. The molecule has 0 amide bonds. The number of amidine groups is 1. The van der Waals surface area contributed by atoms with E-state index in [1.54, 1.807) is 0 Å². The molecule has 3 N–H and O–H groups in total. The number of ether oxygens (including phenoxy) is 1. The Labute approximate surface area is 121 Å². The highest BCUT2D eigenvalue weighted by Crippen LogP contribution is 2.11. The van der Waals surface area contributed by atoms with Crippen molar-refractivity contribution in [3.8, 4) is 0 Å². The predicted octanol–water partition coefficient (Wildman–Crippen LogP) is -0.317. The lowest BCUT2D eigenvalue weighted by atomic mass is 10.2. The first-order valence-electron chi connectivity index (χ1n) is 6.91. The van der Waals surface area contributed by atoms with Gasteiger partial charge in [0.2, 0.25) is 10.0 Å². The minimum absolute atomic E-state index is 0.0213. The predicted molar refractivity (Wildman–Crippen MR) is 79.4 cm³/mol. The normalized spacial score (nSPS) is 20.2. The summed E-state index contributed by atoms with van der Waals surface area (Å²) in [7, 11) is -3.25. The van der Waals surface area contributed by atoms with E-state index in [0.717, 1.165) is 0 Å². The topological polar surface area (TPSA) is 99.7 Å². The van der Waals surface area contributed by atoms with Crippen LogP contribution in [0.25, 0.3) is 0 Å². The SMILES string of the molecule is CC(C)OCCS(=O)(=O)N1CCN(C(C)C(=N)N)CC1. The van der Waals surface area contributed by atoms with Crippen LogP contribution in [0.5, 0.6) is 0 Å². The van der Waals surface area contributed by atoms with Crippen molar-refractivity contribution in [3.63, 3.8) is 0 Å². The lowest BCUT2D eigenvalue weighted by molar-refractivity contribution is 0.0901. The van der Waals surface area contributed by atoms with E-state index in [1.165, 1.54) is 4.31 Å². The van der Waals surface area contributed by atoms with Crippen molar-refractivity contribution in [2.45, 2.75) is 32.9 Å². The molecule has 0 bridgehead atoms. The van der Waals surface area contributed by atoms with Crippen LogP contribution in [0.1, 0.15) is 20.8 Å². The molecule has 0 radical (unpaired) electrons. The summed E-state index contributed by atoms with van der Waals surface area (Å²) >= 11 is 0. The summed E-state index contributed by atoms with van der Waals surface area (Å²) in [4.78, 5) is 2.03. The monoisotopic (exact) mass is 306 g/mol. The molecule has 0 aromatic rings. The van der Waals surface area contributed by atoms with E-state index in [9.17, 15) is 8.42 Å². The van der Waals surface area contributed by atoms with Gasteiger partial charge < -0.3 is 10.5 Å². The zero-order chi connectivity index (χ0) is 15.3. The second-order valence-corrected chi connectivity index (χ2v) is 7.39. The Hall–Kier alpha value is -0.700. The zero-order valence-corrected chi connectivity index (χ0v) is 13.3. The van der Waals surface area contributed by atoms with Gasteiger partial charge in [-0.2, -0.15) is 4.31 Å². The number of nitrogens with two attached hydrogens (primary N) is 1. The maximum Gasteiger partial charge on any atom is 0.216 e. The van der Waals surface area contributed by atoms with Crippen LogP contribution in [-0.4, -0.2) is 74.1 Å². The van der Waals surface area contributed by atoms with Crippen molar-refractivity contribution >= 4 is 15.9 Å². The molecule has 1 saturated heterocycles. The fourth-order valence-electron chi connectivity index (χ4n) is 2.08. The summed E-state index contributed by atoms with van der Waals surface area (Å²) in [6, 6.07) is -0.135. The minimum atomic E-state index is -3.25. The van der Waals surface area contributed by atoms with E-state index >= 15 is 0 Å². The largest absolute Gasteiger partial charge is 0.386 e. The van der Waals surface area contributed by atoms with E-state index in [1.807, 2.05) is 25.7 Å². The van der Waals surface area contributed by atoms with Crippen LogP contribution in [0.4, 0.5) is 0 Å². The molecule has 1 unspecified atom stereocenters. The molecule has 0 aromatic carbocycles. The van der Waals surface area contributed by atoms with Gasteiger partial charge in [0, 0.05) is 26.2 Å². The molecule has 20 heavy (non-hydrogen) atoms. The maximum atomic E-state index is 12.1. The highest BCUT2D eigenvalue weighted by Gasteiger charge is 2.29. The number of nitrogens with zero attached hydrogens (tertiary/aromatic N) is 2. The molecule has 0 saturated carbocycles. The molecule has 0 spiro atoms. The van der Waals surface area contributed by atoms with E-state index in [0.29, 0.717) is 26.2 Å². The Balaban J connectivity index is 2.45. The van der Waals surface area contributed by atoms with Crippen LogP contribution in [0.15, 0.2) is 0 Å². The number of piperazine rings is 1. The zero-order valence-electron chi connectivity index (χ0n) is 12.5. The molecule has 1 rings (SSSR count). The fourth-order valence-corrected chi connectivity index (χ4v) is 3.37. The van der Waals surface area contributed by atoms with Crippen LogP contribution >= 0.6 is 0 Å². The molecule has 1 fully saturated rings. The Morgan fingerprint density at radius 3 is 2.25 bits per heavy atom. The number of hydrogen-bond donors (Lipinski definition) is 2. The molecular formula is C12H26N4O3S. The Kier molecular flexibility index (Phi) is 6.38. The van der Waals surface area contributed by atoms with Gasteiger partial charge in [0.15, 0.2) is 0 Å². The third kappa shape index (κ3) is 5.01. The second-order valence-electron chi connectivity index (χ2n) is 5.30. The molecule has 1 heterocycles. The van der Waals surface area contributed by atoms with E-state index < -0.39 is 10.0 Å². The van der Waals surface area contributed by atoms with Crippen LogP contribution in [0.3, 0.4) is 0 Å². The third-order valence-corrected chi connectivity index (χ3v) is 5.29. The molecule has 7 nitrogen and oxygen atoms in total. The molecular weight excluding hydrogens is 280 g/mol. The third-order valence-electron chi connectivity index (χ3n) is 3.46. The number of nitrogens with one attached hydrogen (secondary N) is 1. The Morgan fingerprint density at radius 2 is 1.80 bits per heavy atom. The van der Waals surface area contributed by atoms with Gasteiger partial charge in [0.05, 0.1) is 24.5 Å². The van der Waals surface area contributed by atoms with Gasteiger partial charge >= 0.3 is 0 Å². The van der Waals surface area contributed by atoms with Crippen molar-refractivity contribution in [3.05, 3.63) is 0 Å². The van der Waals surface area contributed by atoms with Crippen LogP contribution in [0.2, 0.25) is 0 Å². The van der Waals surface area contributed by atoms with Crippen molar-refractivity contribution in [2.75, 3.05) is 38.5 Å². The Morgan fingerprint density at radius 1 is 1.25 bits per heavy atom. The molecule has 0 aromatic heterocycles. The first-order chi connectivity index (χ1) is 9.24. The second kappa shape index (κ2) is 7.35. The lowest BCUT2D eigenvalue weighted by Gasteiger charge is -2.36. The first kappa shape index (κ1) is 17.4. The van der Waals surface area contributed by atoms with E-state index in [-0.39, 0.29) is 30.3 Å². The Bertz CT molecular complexity index is 416. The molecule has 0 aliphatic carbocycles. The van der Waals surface area contributed by atoms with Gasteiger partial charge in [0.25, 0.3) is 0 Å².